The van der Waals surface area contributed by atoms with Gasteiger partial charge in [0.25, 0.3) is 0 Å². The molecule has 0 aliphatic rings. The minimum Gasteiger partial charge on any atom is -0.495 e. The van der Waals surface area contributed by atoms with Crippen molar-refractivity contribution in [3.05, 3.63) is 28.0 Å². The van der Waals surface area contributed by atoms with Crippen LogP contribution in [0.3, 0.4) is 0 Å². The van der Waals surface area contributed by atoms with Crippen LogP contribution < -0.4 is 4.74 Å². The first kappa shape index (κ1) is 11.0. The highest BCUT2D eigenvalue weighted by molar-refractivity contribution is 9.10. The first-order valence-electron chi connectivity index (χ1n) is 3.71. The molecule has 0 saturated carbocycles. The molecule has 0 bridgehead atoms. The van der Waals surface area contributed by atoms with Crippen molar-refractivity contribution in [3.8, 4) is 5.75 Å². The molecule has 1 aromatic carbocycles. The highest BCUT2D eigenvalue weighted by atomic mass is 79.9. The summed E-state index contributed by atoms with van der Waals surface area (Å²) >= 11 is 3.14. The Morgan fingerprint density at radius 2 is 2.07 bits per heavy atom. The number of hydrogen-bond acceptors (Lipinski definition) is 3. The smallest absolute Gasteiger partial charge is 0.340 e. The molecule has 0 spiro atoms. The van der Waals surface area contributed by atoms with Crippen LogP contribution in [-0.2, 0) is 4.74 Å². The lowest BCUT2D eigenvalue weighted by atomic mass is 10.2. The summed E-state index contributed by atoms with van der Waals surface area (Å²) in [5.41, 5.74) is -0.125. The predicted molar refractivity (Wildman–Crippen MR) is 52.0 cm³/mol. The summed E-state index contributed by atoms with van der Waals surface area (Å²) in [5, 5.41) is 0. The Bertz CT molecular complexity index is 365. The second-order valence-corrected chi connectivity index (χ2v) is 3.31. The first-order valence-corrected chi connectivity index (χ1v) is 4.50. The van der Waals surface area contributed by atoms with Crippen molar-refractivity contribution in [1.82, 2.24) is 0 Å². The molecule has 0 aromatic heterocycles. The zero-order valence-corrected chi connectivity index (χ0v) is 9.22. The van der Waals surface area contributed by atoms with Crippen LogP contribution in [0.4, 0.5) is 4.39 Å². The molecular formula is C9H8BrFO3. The minimum atomic E-state index is -0.717. The van der Waals surface area contributed by atoms with Crippen LogP contribution in [0.15, 0.2) is 16.6 Å². The molecule has 0 saturated heterocycles. The van der Waals surface area contributed by atoms with Gasteiger partial charge in [-0.1, -0.05) is 0 Å². The number of rotatable bonds is 2. The molecule has 0 N–H and O–H groups in total. The standard InChI is InChI=1S/C9H8BrFO3/c1-13-8-4-7(11)5(3-6(8)10)9(12)14-2/h3-4H,1-2H3. The van der Waals surface area contributed by atoms with Gasteiger partial charge in [-0.3, -0.25) is 0 Å². The monoisotopic (exact) mass is 262 g/mol. The summed E-state index contributed by atoms with van der Waals surface area (Å²) in [7, 11) is 2.61. The number of benzene rings is 1. The molecule has 0 radical (unpaired) electrons. The van der Waals surface area contributed by atoms with E-state index in [-0.39, 0.29) is 5.56 Å². The molecule has 0 atom stereocenters. The SMILES string of the molecule is COC(=O)c1cc(Br)c(OC)cc1F. The van der Waals surface area contributed by atoms with Crippen molar-refractivity contribution in [1.29, 1.82) is 0 Å². The van der Waals surface area contributed by atoms with E-state index in [9.17, 15) is 9.18 Å². The quantitative estimate of drug-likeness (QED) is 0.768. The third kappa shape index (κ3) is 2.04. The fourth-order valence-electron chi connectivity index (χ4n) is 0.951. The molecule has 76 valence electrons. The van der Waals surface area contributed by atoms with Gasteiger partial charge in [0.1, 0.15) is 11.6 Å². The van der Waals surface area contributed by atoms with Crippen LogP contribution in [0.1, 0.15) is 10.4 Å². The number of methoxy groups -OCH3 is 2. The maximum Gasteiger partial charge on any atom is 0.340 e. The third-order valence-electron chi connectivity index (χ3n) is 1.65. The van der Waals surface area contributed by atoms with E-state index in [4.69, 9.17) is 4.74 Å². The minimum absolute atomic E-state index is 0.125. The molecule has 3 nitrogen and oxygen atoms in total. The summed E-state index contributed by atoms with van der Waals surface area (Å²) in [5.74, 6) is -1.06. The first-order chi connectivity index (χ1) is 6.60. The van der Waals surface area contributed by atoms with Gasteiger partial charge in [-0.05, 0) is 22.0 Å². The second-order valence-electron chi connectivity index (χ2n) is 2.46. The average Bonchev–Trinajstić information content (AvgIpc) is 2.19. The molecule has 0 fully saturated rings. The lowest BCUT2D eigenvalue weighted by Gasteiger charge is -2.06. The number of esters is 1. The Morgan fingerprint density at radius 1 is 1.43 bits per heavy atom. The molecule has 0 aliphatic heterocycles. The van der Waals surface area contributed by atoms with Gasteiger partial charge >= 0.3 is 5.97 Å². The van der Waals surface area contributed by atoms with Gasteiger partial charge in [0.2, 0.25) is 0 Å². The average molecular weight is 263 g/mol. The Kier molecular flexibility index (Phi) is 3.46. The number of carbonyl (C=O) groups is 1. The molecule has 0 unspecified atom stereocenters. The molecule has 5 heteroatoms. The van der Waals surface area contributed by atoms with Gasteiger partial charge in [-0.15, -0.1) is 0 Å². The van der Waals surface area contributed by atoms with Crippen LogP contribution in [0.25, 0.3) is 0 Å². The number of halogens is 2. The van der Waals surface area contributed by atoms with E-state index in [1.807, 2.05) is 0 Å². The normalized spacial score (nSPS) is 9.71. The lowest BCUT2D eigenvalue weighted by molar-refractivity contribution is 0.0595. The molecule has 0 aliphatic carbocycles. The van der Waals surface area contributed by atoms with E-state index in [0.29, 0.717) is 10.2 Å². The Labute approximate surface area is 88.9 Å². The van der Waals surface area contributed by atoms with Crippen LogP contribution >= 0.6 is 15.9 Å². The molecule has 0 heterocycles. The molecule has 1 aromatic rings. The van der Waals surface area contributed by atoms with Crippen LogP contribution in [0, 0.1) is 5.82 Å². The van der Waals surface area contributed by atoms with Crippen molar-refractivity contribution < 1.29 is 18.7 Å². The highest BCUT2D eigenvalue weighted by Crippen LogP contribution is 2.28. The van der Waals surface area contributed by atoms with Gasteiger partial charge in [-0.2, -0.15) is 0 Å². The molecule has 14 heavy (non-hydrogen) atoms. The van der Waals surface area contributed by atoms with E-state index in [2.05, 4.69) is 20.7 Å². The maximum absolute atomic E-state index is 13.3. The molecule has 0 amide bonds. The van der Waals surface area contributed by atoms with Crippen molar-refractivity contribution in [2.45, 2.75) is 0 Å². The van der Waals surface area contributed by atoms with Gasteiger partial charge < -0.3 is 9.47 Å². The van der Waals surface area contributed by atoms with Gasteiger partial charge in [0, 0.05) is 6.07 Å². The third-order valence-corrected chi connectivity index (χ3v) is 2.27. The lowest BCUT2D eigenvalue weighted by Crippen LogP contribution is -2.04. The Morgan fingerprint density at radius 3 is 2.57 bits per heavy atom. The Hall–Kier alpha value is -1.10. The van der Waals surface area contributed by atoms with Gasteiger partial charge in [0.15, 0.2) is 0 Å². The van der Waals surface area contributed by atoms with Crippen molar-refractivity contribution in [2.24, 2.45) is 0 Å². The van der Waals surface area contributed by atoms with Crippen molar-refractivity contribution >= 4 is 21.9 Å². The summed E-state index contributed by atoms with van der Waals surface area (Å²) < 4.78 is 23.0. The van der Waals surface area contributed by atoms with E-state index in [0.717, 1.165) is 6.07 Å². The summed E-state index contributed by atoms with van der Waals surface area (Å²) in [6.45, 7) is 0. The zero-order valence-electron chi connectivity index (χ0n) is 7.64. The second kappa shape index (κ2) is 4.41. The van der Waals surface area contributed by atoms with E-state index in [1.165, 1.54) is 20.3 Å². The molecular weight excluding hydrogens is 255 g/mol. The van der Waals surface area contributed by atoms with E-state index < -0.39 is 11.8 Å². The fraction of sp³-hybridized carbons (Fsp3) is 0.222. The Balaban J connectivity index is 3.21. The van der Waals surface area contributed by atoms with E-state index >= 15 is 0 Å². The van der Waals surface area contributed by atoms with Crippen LogP contribution in [0.2, 0.25) is 0 Å². The number of hydrogen-bond donors (Lipinski definition) is 0. The number of carbonyl (C=O) groups excluding carboxylic acids is 1. The van der Waals surface area contributed by atoms with Gasteiger partial charge in [-0.25, -0.2) is 9.18 Å². The topological polar surface area (TPSA) is 35.5 Å². The largest absolute Gasteiger partial charge is 0.495 e. The predicted octanol–water partition coefficient (Wildman–Crippen LogP) is 2.38. The van der Waals surface area contributed by atoms with Crippen LogP contribution in [-0.4, -0.2) is 20.2 Å². The van der Waals surface area contributed by atoms with Crippen molar-refractivity contribution in [2.75, 3.05) is 14.2 Å². The molecule has 1 rings (SSSR count). The summed E-state index contributed by atoms with van der Waals surface area (Å²) in [6, 6.07) is 2.44. The van der Waals surface area contributed by atoms with E-state index in [1.54, 1.807) is 0 Å². The summed E-state index contributed by atoms with van der Waals surface area (Å²) in [4.78, 5) is 11.1. The van der Waals surface area contributed by atoms with Crippen LogP contribution in [0.5, 0.6) is 5.75 Å². The highest BCUT2D eigenvalue weighted by Gasteiger charge is 2.15. The maximum atomic E-state index is 13.3. The van der Waals surface area contributed by atoms with Crippen molar-refractivity contribution in [3.63, 3.8) is 0 Å². The van der Waals surface area contributed by atoms with Gasteiger partial charge in [0.05, 0.1) is 24.3 Å². The zero-order chi connectivity index (χ0) is 10.7. The number of ether oxygens (including phenoxy) is 2. The fourth-order valence-corrected chi connectivity index (χ4v) is 1.46. The summed E-state index contributed by atoms with van der Waals surface area (Å²) in [6.07, 6.45) is 0.